The lowest BCUT2D eigenvalue weighted by Gasteiger charge is -2.53. The van der Waals surface area contributed by atoms with Crippen LogP contribution in [0.3, 0.4) is 0 Å². The standard InChI is InChI=1S/C18H28N4O/c1-14-10-20-17(21-11-14)19-8-6-15-7-9-23-18(15)12-22(13-18)16-4-2-3-5-16/h10-11,15-16H,2-9,12-13H2,1H3,(H,19,20,21). The number of hydrogen-bond donors (Lipinski definition) is 1. The molecule has 1 saturated carbocycles. The fourth-order valence-corrected chi connectivity index (χ4v) is 4.55. The van der Waals surface area contributed by atoms with Crippen LogP contribution in [0.2, 0.25) is 0 Å². The summed E-state index contributed by atoms with van der Waals surface area (Å²) in [5, 5.41) is 3.36. The molecule has 0 bridgehead atoms. The average Bonchev–Trinajstić information content (AvgIpc) is 3.16. The Morgan fingerprint density at radius 1 is 1.22 bits per heavy atom. The highest BCUT2D eigenvalue weighted by atomic mass is 16.5. The first-order valence-corrected chi connectivity index (χ1v) is 9.16. The first-order valence-electron chi connectivity index (χ1n) is 9.16. The van der Waals surface area contributed by atoms with E-state index in [9.17, 15) is 0 Å². The molecule has 1 atom stereocenters. The third-order valence-corrected chi connectivity index (χ3v) is 5.94. The van der Waals surface area contributed by atoms with Crippen molar-refractivity contribution in [1.82, 2.24) is 14.9 Å². The molecule has 1 aromatic rings. The molecule has 1 spiro atoms. The van der Waals surface area contributed by atoms with E-state index in [2.05, 4.69) is 20.2 Å². The molecule has 4 rings (SSSR count). The molecule has 3 fully saturated rings. The zero-order valence-electron chi connectivity index (χ0n) is 14.1. The molecule has 1 N–H and O–H groups in total. The van der Waals surface area contributed by atoms with E-state index in [1.54, 1.807) is 0 Å². The van der Waals surface area contributed by atoms with Crippen molar-refractivity contribution in [1.29, 1.82) is 0 Å². The van der Waals surface area contributed by atoms with Gasteiger partial charge in [0, 0.05) is 44.7 Å². The zero-order valence-corrected chi connectivity index (χ0v) is 14.1. The summed E-state index contributed by atoms with van der Waals surface area (Å²) in [4.78, 5) is 11.3. The molecule has 0 radical (unpaired) electrons. The van der Waals surface area contributed by atoms with Crippen molar-refractivity contribution in [3.8, 4) is 0 Å². The maximum absolute atomic E-state index is 6.20. The number of likely N-dealkylation sites (tertiary alicyclic amines) is 1. The van der Waals surface area contributed by atoms with Crippen LogP contribution in [0.25, 0.3) is 0 Å². The van der Waals surface area contributed by atoms with Crippen molar-refractivity contribution >= 4 is 5.95 Å². The van der Waals surface area contributed by atoms with Gasteiger partial charge >= 0.3 is 0 Å². The molecule has 1 unspecified atom stereocenters. The van der Waals surface area contributed by atoms with Crippen molar-refractivity contribution in [3.63, 3.8) is 0 Å². The number of nitrogens with zero attached hydrogens (tertiary/aromatic N) is 3. The molecule has 2 saturated heterocycles. The molecule has 5 heteroatoms. The van der Waals surface area contributed by atoms with Crippen molar-refractivity contribution < 1.29 is 4.74 Å². The maximum atomic E-state index is 6.20. The first kappa shape index (κ1) is 15.3. The Hall–Kier alpha value is -1.20. The van der Waals surface area contributed by atoms with E-state index in [-0.39, 0.29) is 5.60 Å². The number of anilines is 1. The molecule has 0 amide bonds. The minimum Gasteiger partial charge on any atom is -0.372 e. The summed E-state index contributed by atoms with van der Waals surface area (Å²) < 4.78 is 6.20. The second-order valence-corrected chi connectivity index (χ2v) is 7.54. The van der Waals surface area contributed by atoms with Gasteiger partial charge in [-0.05, 0) is 44.1 Å². The minimum absolute atomic E-state index is 0.151. The molecule has 2 aliphatic heterocycles. The first-order chi connectivity index (χ1) is 11.3. The third-order valence-electron chi connectivity index (χ3n) is 5.94. The second kappa shape index (κ2) is 6.36. The third kappa shape index (κ3) is 3.09. The smallest absolute Gasteiger partial charge is 0.222 e. The van der Waals surface area contributed by atoms with Crippen LogP contribution in [0.1, 0.15) is 44.1 Å². The Morgan fingerprint density at radius 3 is 2.70 bits per heavy atom. The van der Waals surface area contributed by atoms with E-state index >= 15 is 0 Å². The van der Waals surface area contributed by atoms with E-state index in [1.165, 1.54) is 32.1 Å². The minimum atomic E-state index is 0.151. The van der Waals surface area contributed by atoms with Gasteiger partial charge in [0.2, 0.25) is 5.95 Å². The van der Waals surface area contributed by atoms with Crippen molar-refractivity contribution in [2.45, 2.75) is 57.1 Å². The molecular formula is C18H28N4O. The van der Waals surface area contributed by atoms with Crippen LogP contribution in [0, 0.1) is 12.8 Å². The lowest BCUT2D eigenvalue weighted by molar-refractivity contribution is -0.146. The van der Waals surface area contributed by atoms with Crippen LogP contribution >= 0.6 is 0 Å². The van der Waals surface area contributed by atoms with Crippen molar-refractivity contribution in [2.75, 3.05) is 31.6 Å². The van der Waals surface area contributed by atoms with Crippen LogP contribution in [0.15, 0.2) is 12.4 Å². The van der Waals surface area contributed by atoms with Gasteiger partial charge in [0.15, 0.2) is 0 Å². The fraction of sp³-hybridized carbons (Fsp3) is 0.778. The Labute approximate surface area is 138 Å². The number of hydrogen-bond acceptors (Lipinski definition) is 5. The Bertz CT molecular complexity index is 520. The summed E-state index contributed by atoms with van der Waals surface area (Å²) in [5.74, 6) is 1.42. The highest BCUT2D eigenvalue weighted by molar-refractivity contribution is 5.24. The molecule has 1 aromatic heterocycles. The highest BCUT2D eigenvalue weighted by Crippen LogP contribution is 2.44. The lowest BCUT2D eigenvalue weighted by Crippen LogP contribution is -2.66. The van der Waals surface area contributed by atoms with Crippen molar-refractivity contribution in [2.24, 2.45) is 5.92 Å². The van der Waals surface area contributed by atoms with Crippen LogP contribution in [0.5, 0.6) is 0 Å². The summed E-state index contributed by atoms with van der Waals surface area (Å²) in [7, 11) is 0. The van der Waals surface area contributed by atoms with Gasteiger partial charge < -0.3 is 10.1 Å². The summed E-state index contributed by atoms with van der Waals surface area (Å²) in [6, 6.07) is 0.838. The topological polar surface area (TPSA) is 50.3 Å². The second-order valence-electron chi connectivity index (χ2n) is 7.54. The van der Waals surface area contributed by atoms with E-state index in [0.717, 1.165) is 50.2 Å². The summed E-state index contributed by atoms with van der Waals surface area (Å²) >= 11 is 0. The Kier molecular flexibility index (Phi) is 4.24. The number of nitrogens with one attached hydrogen (secondary N) is 1. The Balaban J connectivity index is 1.26. The van der Waals surface area contributed by atoms with Crippen LogP contribution in [-0.4, -0.2) is 52.8 Å². The van der Waals surface area contributed by atoms with Crippen LogP contribution < -0.4 is 5.32 Å². The SMILES string of the molecule is Cc1cnc(NCCC2CCOC23CN(C2CCCC2)C3)nc1. The fourth-order valence-electron chi connectivity index (χ4n) is 4.55. The zero-order chi connectivity index (χ0) is 15.7. The van der Waals surface area contributed by atoms with Gasteiger partial charge in [-0.25, -0.2) is 9.97 Å². The predicted octanol–water partition coefficient (Wildman–Crippen LogP) is 2.62. The predicted molar refractivity (Wildman–Crippen MR) is 90.5 cm³/mol. The summed E-state index contributed by atoms with van der Waals surface area (Å²) in [5.41, 5.74) is 1.25. The van der Waals surface area contributed by atoms with Gasteiger partial charge in [-0.3, -0.25) is 4.90 Å². The van der Waals surface area contributed by atoms with Gasteiger partial charge in [-0.15, -0.1) is 0 Å². The summed E-state index contributed by atoms with van der Waals surface area (Å²) in [6.45, 7) is 6.19. The van der Waals surface area contributed by atoms with E-state index in [1.807, 2.05) is 19.3 Å². The molecule has 23 heavy (non-hydrogen) atoms. The number of aryl methyl sites for hydroxylation is 1. The molecular weight excluding hydrogens is 288 g/mol. The Morgan fingerprint density at radius 2 is 1.96 bits per heavy atom. The van der Waals surface area contributed by atoms with E-state index in [0.29, 0.717) is 5.92 Å². The van der Waals surface area contributed by atoms with E-state index < -0.39 is 0 Å². The lowest BCUT2D eigenvalue weighted by atomic mass is 9.78. The molecule has 1 aliphatic carbocycles. The van der Waals surface area contributed by atoms with Gasteiger partial charge in [-0.2, -0.15) is 0 Å². The quantitative estimate of drug-likeness (QED) is 0.905. The molecule has 3 aliphatic rings. The van der Waals surface area contributed by atoms with E-state index in [4.69, 9.17) is 4.74 Å². The molecule has 126 valence electrons. The number of rotatable bonds is 5. The summed E-state index contributed by atoms with van der Waals surface area (Å²) in [6.07, 6.45) is 11.7. The van der Waals surface area contributed by atoms with Crippen molar-refractivity contribution in [3.05, 3.63) is 18.0 Å². The maximum Gasteiger partial charge on any atom is 0.222 e. The molecule has 5 nitrogen and oxygen atoms in total. The highest BCUT2D eigenvalue weighted by Gasteiger charge is 2.54. The van der Waals surface area contributed by atoms with Crippen LogP contribution in [-0.2, 0) is 4.74 Å². The molecule has 3 heterocycles. The van der Waals surface area contributed by atoms with Gasteiger partial charge in [0.05, 0.1) is 5.60 Å². The number of aromatic nitrogens is 2. The average molecular weight is 316 g/mol. The van der Waals surface area contributed by atoms with Gasteiger partial charge in [0.1, 0.15) is 0 Å². The van der Waals surface area contributed by atoms with Crippen LogP contribution in [0.4, 0.5) is 5.95 Å². The number of ether oxygens (including phenoxy) is 1. The monoisotopic (exact) mass is 316 g/mol. The normalized spacial score (nSPS) is 27.4. The molecule has 0 aromatic carbocycles. The van der Waals surface area contributed by atoms with Gasteiger partial charge in [0.25, 0.3) is 0 Å². The largest absolute Gasteiger partial charge is 0.372 e. The van der Waals surface area contributed by atoms with Gasteiger partial charge in [-0.1, -0.05) is 12.8 Å².